The Labute approximate surface area is 174 Å². The second-order valence-electron chi connectivity index (χ2n) is 7.85. The number of fused-ring (bicyclic) bond motifs is 1. The fraction of sp³-hybridized carbons (Fsp3) is 0.444. The van der Waals surface area contributed by atoms with E-state index in [1.165, 1.54) is 23.0 Å². The van der Waals surface area contributed by atoms with Crippen molar-refractivity contribution in [2.24, 2.45) is 10.6 Å². The standard InChI is InChI=1S/C18H20F2N8OS/c19-17(20)12-2-3-15-22-7-14(28(15)25-12)13-6-16(24-11-23-13)26-8-18(9-26)4-1-5-27(10-18)30(21)29/h2-3,6-7,11,17H,1,4-5,8-10H2,(H2,21,29)/p+1. The summed E-state index contributed by atoms with van der Waals surface area (Å²) in [6.45, 7) is 3.22. The van der Waals surface area contributed by atoms with E-state index < -0.39 is 18.0 Å². The average Bonchev–Trinajstić information content (AvgIpc) is 3.15. The number of aromatic nitrogens is 5. The number of halogens is 2. The number of alkyl halides is 2. The van der Waals surface area contributed by atoms with Gasteiger partial charge in [-0.3, -0.25) is 0 Å². The van der Waals surface area contributed by atoms with Gasteiger partial charge in [-0.05, 0) is 25.0 Å². The van der Waals surface area contributed by atoms with Crippen molar-refractivity contribution in [1.29, 1.82) is 0 Å². The first-order chi connectivity index (χ1) is 14.4. The number of anilines is 1. The van der Waals surface area contributed by atoms with Gasteiger partial charge in [0.15, 0.2) is 5.65 Å². The summed E-state index contributed by atoms with van der Waals surface area (Å²) in [6.07, 6.45) is 2.46. The molecule has 1 unspecified atom stereocenters. The highest BCUT2D eigenvalue weighted by atomic mass is 32.2. The molecule has 2 fully saturated rings. The van der Waals surface area contributed by atoms with Gasteiger partial charge in [0.1, 0.15) is 23.5 Å². The number of piperidine rings is 1. The Balaban J connectivity index is 1.38. The molecule has 0 aromatic carbocycles. The molecule has 2 aliphatic heterocycles. The van der Waals surface area contributed by atoms with Crippen LogP contribution < -0.4 is 10.0 Å². The molecule has 1 atom stereocenters. The van der Waals surface area contributed by atoms with E-state index in [4.69, 9.17) is 5.14 Å². The van der Waals surface area contributed by atoms with E-state index in [1.54, 1.807) is 6.20 Å². The third-order valence-corrected chi connectivity index (χ3v) is 6.63. The van der Waals surface area contributed by atoms with Crippen molar-refractivity contribution in [3.05, 3.63) is 36.4 Å². The van der Waals surface area contributed by atoms with Crippen molar-refractivity contribution >= 4 is 23.0 Å². The molecule has 3 aromatic heterocycles. The summed E-state index contributed by atoms with van der Waals surface area (Å²) in [7, 11) is 0. The molecular weight excluding hydrogens is 414 g/mol. The smallest absolute Gasteiger partial charge is 0.336 e. The summed E-state index contributed by atoms with van der Waals surface area (Å²) >= 11 is -1.20. The minimum Gasteiger partial charge on any atom is -0.355 e. The average molecular weight is 435 g/mol. The van der Waals surface area contributed by atoms with Crippen LogP contribution in [0.15, 0.2) is 30.7 Å². The molecule has 0 aliphatic carbocycles. The van der Waals surface area contributed by atoms with Crippen LogP contribution in [0.5, 0.6) is 0 Å². The number of nitrogens with zero attached hydrogens (tertiary/aromatic N) is 7. The van der Waals surface area contributed by atoms with Crippen LogP contribution in [0.1, 0.15) is 25.0 Å². The van der Waals surface area contributed by atoms with Crippen LogP contribution in [0.3, 0.4) is 0 Å². The summed E-state index contributed by atoms with van der Waals surface area (Å²) in [6, 6.07) is 4.61. The van der Waals surface area contributed by atoms with E-state index in [2.05, 4.69) is 25.0 Å². The van der Waals surface area contributed by atoms with Gasteiger partial charge in [0.2, 0.25) is 0 Å². The lowest BCUT2D eigenvalue weighted by molar-refractivity contribution is 0.108. The van der Waals surface area contributed by atoms with Crippen LogP contribution in [0.25, 0.3) is 17.0 Å². The Morgan fingerprint density at radius 3 is 2.77 bits per heavy atom. The molecule has 9 nitrogen and oxygen atoms in total. The summed E-state index contributed by atoms with van der Waals surface area (Å²) in [5, 5.41) is 9.68. The molecule has 2 saturated heterocycles. The monoisotopic (exact) mass is 435 g/mol. The molecule has 3 aromatic rings. The van der Waals surface area contributed by atoms with E-state index in [-0.39, 0.29) is 11.1 Å². The molecule has 12 heteroatoms. The van der Waals surface area contributed by atoms with Crippen molar-refractivity contribution in [1.82, 2.24) is 28.9 Å². The maximum atomic E-state index is 13.1. The van der Waals surface area contributed by atoms with Crippen LogP contribution in [0.4, 0.5) is 14.6 Å². The normalized spacial score (nSPS) is 20.1. The molecule has 3 N–H and O–H groups in total. The van der Waals surface area contributed by atoms with Gasteiger partial charge in [-0.25, -0.2) is 28.2 Å². The van der Waals surface area contributed by atoms with E-state index in [0.717, 1.165) is 44.8 Å². The van der Waals surface area contributed by atoms with Gasteiger partial charge in [0.25, 0.3) is 6.43 Å². The Hall–Kier alpha value is -2.41. The fourth-order valence-corrected chi connectivity index (χ4v) is 5.07. The molecule has 1 spiro atoms. The third-order valence-electron chi connectivity index (χ3n) is 5.79. The van der Waals surface area contributed by atoms with Gasteiger partial charge in [0, 0.05) is 31.1 Å². The fourth-order valence-electron chi connectivity index (χ4n) is 4.34. The van der Waals surface area contributed by atoms with Gasteiger partial charge in [0.05, 0.1) is 18.4 Å². The Bertz CT molecular complexity index is 1070. The van der Waals surface area contributed by atoms with E-state index in [1.807, 2.05) is 10.4 Å². The molecule has 30 heavy (non-hydrogen) atoms. The molecule has 0 saturated carbocycles. The number of imidazole rings is 1. The molecule has 0 amide bonds. The number of hydrogen-bond acceptors (Lipinski definition) is 8. The lowest BCUT2D eigenvalue weighted by Crippen LogP contribution is -2.64. The zero-order chi connectivity index (χ0) is 20.9. The van der Waals surface area contributed by atoms with Gasteiger partial charge in [-0.2, -0.15) is 5.10 Å². The number of rotatable bonds is 4. The minimum absolute atomic E-state index is 0.105. The van der Waals surface area contributed by atoms with Crippen LogP contribution in [-0.4, -0.2) is 59.6 Å². The summed E-state index contributed by atoms with van der Waals surface area (Å²) in [4.78, 5) is 15.1. The first kappa shape index (κ1) is 19.5. The van der Waals surface area contributed by atoms with Crippen molar-refractivity contribution in [2.75, 3.05) is 31.1 Å². The highest BCUT2D eigenvalue weighted by molar-refractivity contribution is 7.86. The zero-order valence-corrected chi connectivity index (χ0v) is 16.8. The van der Waals surface area contributed by atoms with E-state index >= 15 is 0 Å². The summed E-state index contributed by atoms with van der Waals surface area (Å²) < 4.78 is 39.2. The predicted molar refractivity (Wildman–Crippen MR) is 109 cm³/mol. The topological polar surface area (TPSA) is 109 Å². The number of hydrogen-bond donors (Lipinski definition) is 2. The van der Waals surface area contributed by atoms with Crippen LogP contribution in [0, 0.1) is 5.41 Å². The molecule has 0 radical (unpaired) electrons. The molecule has 0 bridgehead atoms. The van der Waals surface area contributed by atoms with Gasteiger partial charge in [-0.1, -0.05) is 4.31 Å². The zero-order valence-electron chi connectivity index (χ0n) is 16.0. The lowest BCUT2D eigenvalue weighted by atomic mass is 9.74. The van der Waals surface area contributed by atoms with Crippen LogP contribution in [0.2, 0.25) is 0 Å². The maximum absolute atomic E-state index is 13.1. The van der Waals surface area contributed by atoms with Crippen molar-refractivity contribution in [2.45, 2.75) is 19.3 Å². The second-order valence-corrected chi connectivity index (χ2v) is 8.95. The van der Waals surface area contributed by atoms with Gasteiger partial charge >= 0.3 is 11.5 Å². The summed E-state index contributed by atoms with van der Waals surface area (Å²) in [5.74, 6) is 0.762. The third kappa shape index (κ3) is 3.39. The van der Waals surface area contributed by atoms with Crippen molar-refractivity contribution in [3.8, 4) is 11.4 Å². The first-order valence-corrected chi connectivity index (χ1v) is 10.8. The van der Waals surface area contributed by atoms with E-state index in [9.17, 15) is 13.3 Å². The molecular formula is C18H21F2N8OS+. The Morgan fingerprint density at radius 2 is 2.00 bits per heavy atom. The van der Waals surface area contributed by atoms with Crippen LogP contribution >= 0.6 is 0 Å². The maximum Gasteiger partial charge on any atom is 0.336 e. The lowest BCUT2D eigenvalue weighted by Gasteiger charge is -2.53. The first-order valence-electron chi connectivity index (χ1n) is 9.57. The number of nitrogens with two attached hydrogens (primary N) is 1. The van der Waals surface area contributed by atoms with E-state index in [0.29, 0.717) is 17.0 Å². The highest BCUT2D eigenvalue weighted by Gasteiger charge is 2.49. The highest BCUT2D eigenvalue weighted by Crippen LogP contribution is 2.41. The molecule has 5 rings (SSSR count). The second kappa shape index (κ2) is 7.38. The largest absolute Gasteiger partial charge is 0.355 e. The SMILES string of the molecule is N[S+](O)N1CCCC2(CN(c3cc(-c4cnc5ccc(C(F)F)nn45)ncn3)C2)C1. The Morgan fingerprint density at radius 1 is 1.17 bits per heavy atom. The minimum atomic E-state index is -2.66. The van der Waals surface area contributed by atoms with Gasteiger partial charge < -0.3 is 4.90 Å². The Kier molecular flexibility index (Phi) is 4.81. The van der Waals surface area contributed by atoms with Crippen molar-refractivity contribution < 1.29 is 13.3 Å². The predicted octanol–water partition coefficient (Wildman–Crippen LogP) is 1.91. The summed E-state index contributed by atoms with van der Waals surface area (Å²) in [5.41, 5.74) is 1.36. The van der Waals surface area contributed by atoms with Gasteiger partial charge in [-0.15, -0.1) is 9.69 Å². The molecule has 2 aliphatic rings. The molecule has 5 heterocycles. The quantitative estimate of drug-likeness (QED) is 0.599. The molecule has 158 valence electrons. The van der Waals surface area contributed by atoms with Crippen LogP contribution in [-0.2, 0) is 11.5 Å². The van der Waals surface area contributed by atoms with Crippen molar-refractivity contribution in [3.63, 3.8) is 0 Å².